The van der Waals surface area contributed by atoms with Crippen LogP contribution in [-0.4, -0.2) is 15.0 Å². The minimum atomic E-state index is 0.324. The van der Waals surface area contributed by atoms with E-state index in [9.17, 15) is 0 Å². The van der Waals surface area contributed by atoms with Gasteiger partial charge < -0.3 is 0 Å². The first-order valence-electron chi connectivity index (χ1n) is 5.18. The number of hydrogen-bond donors (Lipinski definition) is 0. The Labute approximate surface area is 95.0 Å². The second-order valence-corrected chi connectivity index (χ2v) is 8.48. The van der Waals surface area contributed by atoms with Crippen molar-refractivity contribution in [3.63, 3.8) is 0 Å². The molecule has 0 spiro atoms. The number of rotatable bonds is 0. The Bertz CT molecular complexity index is 258. The van der Waals surface area contributed by atoms with E-state index in [1.807, 2.05) is 0 Å². The van der Waals surface area contributed by atoms with Crippen molar-refractivity contribution in [3.8, 4) is 0 Å². The van der Waals surface area contributed by atoms with Crippen LogP contribution in [0.5, 0.6) is 0 Å². The molecule has 1 atom stereocenters. The molecule has 1 heteroatoms. The van der Waals surface area contributed by atoms with E-state index in [1.165, 1.54) is 0 Å². The SMILES string of the molecule is CC(C)(C)C1=C[C+]=CC(C(C)(C)C)[Se]1. The first-order valence-corrected chi connectivity index (χ1v) is 7.02. The van der Waals surface area contributed by atoms with Gasteiger partial charge in [-0.1, -0.05) is 0 Å². The summed E-state index contributed by atoms with van der Waals surface area (Å²) in [5, 5.41) is 0. The molecule has 0 bridgehead atoms. The molecule has 0 aliphatic carbocycles. The zero-order valence-electron chi connectivity index (χ0n) is 10.1. The predicted octanol–water partition coefficient (Wildman–Crippen LogP) is 3.83. The van der Waals surface area contributed by atoms with Crippen molar-refractivity contribution < 1.29 is 0 Å². The van der Waals surface area contributed by atoms with Crippen molar-refractivity contribution in [1.29, 1.82) is 0 Å². The first kappa shape index (κ1) is 12.0. The van der Waals surface area contributed by atoms with E-state index < -0.39 is 0 Å². The molecule has 14 heavy (non-hydrogen) atoms. The topological polar surface area (TPSA) is 0 Å². The van der Waals surface area contributed by atoms with Crippen LogP contribution in [0.2, 0.25) is 4.82 Å². The van der Waals surface area contributed by atoms with Crippen molar-refractivity contribution in [2.24, 2.45) is 10.8 Å². The zero-order chi connectivity index (χ0) is 11.0. The molecule has 1 unspecified atom stereocenters. The van der Waals surface area contributed by atoms with Gasteiger partial charge in [-0.2, -0.15) is 0 Å². The van der Waals surface area contributed by atoms with E-state index in [2.05, 4.69) is 59.8 Å². The number of hydrogen-bond acceptors (Lipinski definition) is 0. The quantitative estimate of drug-likeness (QED) is 0.456. The molecule has 1 aliphatic rings. The van der Waals surface area contributed by atoms with Crippen LogP contribution in [0.1, 0.15) is 41.5 Å². The third kappa shape index (κ3) is 2.95. The third-order valence-electron chi connectivity index (χ3n) is 2.31. The summed E-state index contributed by atoms with van der Waals surface area (Å²) in [5.41, 5.74) is 0.711. The van der Waals surface area contributed by atoms with Crippen molar-refractivity contribution in [2.45, 2.75) is 46.4 Å². The standard InChI is InChI=1S/C13H21Se/c1-12(2,3)10-8-7-9-11(14-10)13(4,5)6/h8-10H,1-6H3/q+1. The molecule has 0 aromatic heterocycles. The average Bonchev–Trinajstić information content (AvgIpc) is 2.01. The minimum absolute atomic E-state index is 0.324. The summed E-state index contributed by atoms with van der Waals surface area (Å²) >= 11 is 0.599. The molecule has 0 nitrogen and oxygen atoms in total. The Kier molecular flexibility index (Phi) is 3.26. The molecule has 78 valence electrons. The van der Waals surface area contributed by atoms with Crippen molar-refractivity contribution in [1.82, 2.24) is 0 Å². The summed E-state index contributed by atoms with van der Waals surface area (Å²) in [6, 6.07) is 0. The number of allylic oxidation sites excluding steroid dienone is 4. The van der Waals surface area contributed by atoms with E-state index in [-0.39, 0.29) is 0 Å². The first-order chi connectivity index (χ1) is 6.21. The molecule has 0 amide bonds. The molecule has 1 heterocycles. The maximum atomic E-state index is 3.33. The average molecular weight is 256 g/mol. The van der Waals surface area contributed by atoms with Crippen molar-refractivity contribution >= 4 is 15.0 Å². The second kappa shape index (κ2) is 3.81. The van der Waals surface area contributed by atoms with Crippen LogP contribution in [-0.2, 0) is 0 Å². The molecular formula is C13H21Se+. The predicted molar refractivity (Wildman–Crippen MR) is 64.3 cm³/mol. The van der Waals surface area contributed by atoms with Gasteiger partial charge in [0, 0.05) is 0 Å². The summed E-state index contributed by atoms with van der Waals surface area (Å²) in [6.45, 7) is 13.9. The Hall–Kier alpha value is -0.0905. The van der Waals surface area contributed by atoms with E-state index in [4.69, 9.17) is 0 Å². The summed E-state index contributed by atoms with van der Waals surface area (Å²) in [7, 11) is 0. The molecule has 0 aromatic carbocycles. The molecule has 1 aliphatic heterocycles. The fourth-order valence-electron chi connectivity index (χ4n) is 1.24. The molecule has 1 rings (SSSR count). The van der Waals surface area contributed by atoms with Crippen LogP contribution in [0.4, 0.5) is 0 Å². The summed E-state index contributed by atoms with van der Waals surface area (Å²) in [6.07, 6.45) is 7.78. The van der Waals surface area contributed by atoms with Crippen molar-refractivity contribution in [2.75, 3.05) is 0 Å². The second-order valence-electron chi connectivity index (χ2n) is 6.00. The van der Waals surface area contributed by atoms with Crippen LogP contribution >= 0.6 is 0 Å². The Morgan fingerprint density at radius 2 is 1.71 bits per heavy atom. The van der Waals surface area contributed by atoms with Crippen LogP contribution in [0.15, 0.2) is 16.6 Å². The van der Waals surface area contributed by atoms with Gasteiger partial charge in [0.05, 0.1) is 0 Å². The van der Waals surface area contributed by atoms with Gasteiger partial charge >= 0.3 is 94.8 Å². The molecule has 0 aromatic rings. The summed E-state index contributed by atoms with van der Waals surface area (Å²) < 4.78 is 1.59. The third-order valence-corrected chi connectivity index (χ3v) is 6.68. The van der Waals surface area contributed by atoms with E-state index in [1.54, 1.807) is 4.47 Å². The van der Waals surface area contributed by atoms with Gasteiger partial charge in [0.1, 0.15) is 0 Å². The van der Waals surface area contributed by atoms with E-state index in [0.29, 0.717) is 30.6 Å². The fraction of sp³-hybridized carbons (Fsp3) is 0.692. The van der Waals surface area contributed by atoms with Crippen LogP contribution in [0, 0.1) is 16.9 Å². The monoisotopic (exact) mass is 257 g/mol. The molecule has 0 fully saturated rings. The van der Waals surface area contributed by atoms with Gasteiger partial charge in [-0.15, -0.1) is 0 Å². The molecule has 0 N–H and O–H groups in total. The van der Waals surface area contributed by atoms with Gasteiger partial charge in [0.2, 0.25) is 0 Å². The van der Waals surface area contributed by atoms with Gasteiger partial charge in [0.15, 0.2) is 0 Å². The maximum absolute atomic E-state index is 3.33. The van der Waals surface area contributed by atoms with Crippen LogP contribution in [0.25, 0.3) is 0 Å². The Morgan fingerprint density at radius 3 is 2.14 bits per heavy atom. The molecular weight excluding hydrogens is 235 g/mol. The van der Waals surface area contributed by atoms with Gasteiger partial charge in [-0.25, -0.2) is 0 Å². The van der Waals surface area contributed by atoms with Gasteiger partial charge in [0.25, 0.3) is 0 Å². The summed E-state index contributed by atoms with van der Waals surface area (Å²) in [5.74, 6) is 0. The Morgan fingerprint density at radius 1 is 1.14 bits per heavy atom. The summed E-state index contributed by atoms with van der Waals surface area (Å²) in [4.78, 5) is 0.703. The molecule has 0 saturated heterocycles. The van der Waals surface area contributed by atoms with E-state index >= 15 is 0 Å². The van der Waals surface area contributed by atoms with Crippen molar-refractivity contribution in [3.05, 3.63) is 22.7 Å². The fourth-order valence-corrected chi connectivity index (χ4v) is 3.89. The molecule has 0 radical (unpaired) electrons. The van der Waals surface area contributed by atoms with Crippen LogP contribution < -0.4 is 0 Å². The van der Waals surface area contributed by atoms with E-state index in [0.717, 1.165) is 0 Å². The van der Waals surface area contributed by atoms with Crippen LogP contribution in [0.3, 0.4) is 0 Å². The molecule has 0 saturated carbocycles. The van der Waals surface area contributed by atoms with Gasteiger partial charge in [-0.3, -0.25) is 0 Å². The zero-order valence-corrected chi connectivity index (χ0v) is 11.9. The normalized spacial score (nSPS) is 23.0. The van der Waals surface area contributed by atoms with Gasteiger partial charge in [-0.05, 0) is 0 Å². The Balaban J connectivity index is 2.80.